The molecule has 0 aliphatic carbocycles. The monoisotopic (exact) mass is 756 g/mol. The molecule has 6 rings (SSSR count). The number of amides is 4. The summed E-state index contributed by atoms with van der Waals surface area (Å²) in [6.45, 7) is 8.46. The highest BCUT2D eigenvalue weighted by atomic mass is 16.5. The normalized spacial score (nSPS) is 21.8. The molecule has 2 aromatic carbocycles. The number of carbonyl (C=O) groups is 4. The Labute approximate surface area is 321 Å². The van der Waals surface area contributed by atoms with Gasteiger partial charge in [-0.25, -0.2) is 14.6 Å². The van der Waals surface area contributed by atoms with Crippen LogP contribution in [-0.4, -0.2) is 107 Å². The van der Waals surface area contributed by atoms with Gasteiger partial charge in [-0.3, -0.25) is 9.59 Å². The number of imidazole rings is 1. The number of carbonyl (C=O) groups excluding carboxylic acids is 4. The minimum Gasteiger partial charge on any atom is -0.453 e. The van der Waals surface area contributed by atoms with Gasteiger partial charge in [0.05, 0.1) is 44.0 Å². The van der Waals surface area contributed by atoms with Crippen molar-refractivity contribution in [2.45, 2.75) is 83.4 Å². The molecule has 4 heterocycles. The molecule has 3 aliphatic rings. The molecule has 0 radical (unpaired) electrons. The largest absolute Gasteiger partial charge is 0.453 e. The van der Waals surface area contributed by atoms with Crippen LogP contribution in [-0.2, 0) is 19.1 Å². The van der Waals surface area contributed by atoms with Crippen LogP contribution >= 0.6 is 0 Å². The van der Waals surface area contributed by atoms with E-state index in [2.05, 4.69) is 55.5 Å². The van der Waals surface area contributed by atoms with Crippen LogP contribution in [0.2, 0.25) is 0 Å². The quantitative estimate of drug-likeness (QED) is 0.167. The molecule has 15 heteroatoms. The zero-order valence-electron chi connectivity index (χ0n) is 32.2. The molecule has 55 heavy (non-hydrogen) atoms. The minimum absolute atomic E-state index is 0.0806. The van der Waals surface area contributed by atoms with E-state index in [4.69, 9.17) is 9.47 Å². The highest BCUT2D eigenvalue weighted by Gasteiger charge is 2.43. The van der Waals surface area contributed by atoms with Gasteiger partial charge in [0, 0.05) is 19.3 Å². The van der Waals surface area contributed by atoms with Gasteiger partial charge in [0.25, 0.3) is 0 Å². The topological polar surface area (TPSA) is 190 Å². The van der Waals surface area contributed by atoms with Gasteiger partial charge in [0.2, 0.25) is 11.8 Å². The zero-order valence-corrected chi connectivity index (χ0v) is 32.2. The van der Waals surface area contributed by atoms with Crippen molar-refractivity contribution in [3.8, 4) is 22.4 Å². The predicted molar refractivity (Wildman–Crippen MR) is 206 cm³/mol. The third kappa shape index (κ3) is 8.41. The summed E-state index contributed by atoms with van der Waals surface area (Å²) in [4.78, 5) is 62.3. The number of likely N-dealkylation sites (tertiary alicyclic amines) is 2. The number of aromatic amines is 1. The number of rotatable bonds is 11. The summed E-state index contributed by atoms with van der Waals surface area (Å²) in [7, 11) is 2.54. The molecular weight excluding hydrogens is 704 g/mol. The Bertz CT molecular complexity index is 1880. The van der Waals surface area contributed by atoms with E-state index in [0.29, 0.717) is 25.3 Å². The van der Waals surface area contributed by atoms with Crippen LogP contribution in [0.3, 0.4) is 0 Å². The van der Waals surface area contributed by atoms with Crippen molar-refractivity contribution in [1.82, 2.24) is 41.0 Å². The Morgan fingerprint density at radius 1 is 0.782 bits per heavy atom. The first-order valence-electron chi connectivity index (χ1n) is 18.9. The van der Waals surface area contributed by atoms with Crippen molar-refractivity contribution in [2.75, 3.05) is 27.3 Å². The fourth-order valence-corrected chi connectivity index (χ4v) is 7.64. The van der Waals surface area contributed by atoms with Gasteiger partial charge >= 0.3 is 12.2 Å². The van der Waals surface area contributed by atoms with Gasteiger partial charge in [-0.2, -0.15) is 0 Å². The van der Waals surface area contributed by atoms with Crippen molar-refractivity contribution in [3.63, 3.8) is 0 Å². The van der Waals surface area contributed by atoms with Crippen LogP contribution < -0.4 is 21.3 Å². The second-order valence-electron chi connectivity index (χ2n) is 15.0. The molecule has 6 atom stereocenters. The smallest absolute Gasteiger partial charge is 0.407 e. The van der Waals surface area contributed by atoms with E-state index in [0.717, 1.165) is 46.5 Å². The Hall–Kier alpha value is -5.57. The number of methoxy groups -OCH3 is 2. The number of aliphatic hydroxyl groups is 1. The highest BCUT2D eigenvalue weighted by Crippen LogP contribution is 2.34. The molecule has 6 N–H and O–H groups in total. The zero-order chi connectivity index (χ0) is 39.4. The standard InChI is InChI=1S/C40H52N8O7/c1-22(2)32(45-39(52)54-5)37(50)47-18-7-8-30(47)35-41-20-28(43-35)26-13-9-24(10-14-26)25-11-15-27(16-12-25)29-21-42-36(44-29)34-31(49)17-19-48(34)38(51)33(23(3)4)46-40(53)55-6/h9-16,20-23,30-35,41,43,49H,7-8,17-19H2,1-6H3,(H,42,44)(H,45,52)(H,46,53)/t30-,31-,32-,33-,34-,35?/m0/s1. The average Bonchev–Trinajstić information content (AvgIpc) is 4.02. The first-order valence-corrected chi connectivity index (χ1v) is 18.9. The first kappa shape index (κ1) is 39.1. The second-order valence-corrected chi connectivity index (χ2v) is 15.0. The minimum atomic E-state index is -0.808. The molecule has 294 valence electrons. The number of hydrogen-bond acceptors (Lipinski definition) is 10. The first-order chi connectivity index (χ1) is 26.4. The van der Waals surface area contributed by atoms with Crippen LogP contribution in [0.15, 0.2) is 60.9 Å². The Kier molecular flexibility index (Phi) is 12.0. The number of aliphatic hydroxyl groups excluding tert-OH is 1. The maximum Gasteiger partial charge on any atom is 0.407 e. The molecule has 2 saturated heterocycles. The maximum atomic E-state index is 13.6. The molecule has 3 aliphatic heterocycles. The molecule has 1 aromatic heterocycles. The van der Waals surface area contributed by atoms with Crippen molar-refractivity contribution >= 4 is 29.7 Å². The van der Waals surface area contributed by atoms with Gasteiger partial charge < -0.3 is 50.6 Å². The number of H-pyrrole nitrogens is 1. The number of nitrogens with zero attached hydrogens (tertiary/aromatic N) is 3. The van der Waals surface area contributed by atoms with E-state index in [-0.39, 0.29) is 35.9 Å². The van der Waals surface area contributed by atoms with Gasteiger partial charge in [0.15, 0.2) is 0 Å². The molecule has 15 nitrogen and oxygen atoms in total. The van der Waals surface area contributed by atoms with Crippen LogP contribution in [0, 0.1) is 11.8 Å². The Morgan fingerprint density at radius 2 is 1.33 bits per heavy atom. The summed E-state index contributed by atoms with van der Waals surface area (Å²) < 4.78 is 9.48. The molecule has 1 unspecified atom stereocenters. The summed E-state index contributed by atoms with van der Waals surface area (Å²) in [6, 6.07) is 14.1. The molecule has 3 aromatic rings. The molecule has 2 fully saturated rings. The van der Waals surface area contributed by atoms with E-state index < -0.39 is 36.4 Å². The lowest BCUT2D eigenvalue weighted by molar-refractivity contribution is -0.137. The number of nitrogens with one attached hydrogen (secondary N) is 5. The molecular formula is C40H52N8O7. The summed E-state index contributed by atoms with van der Waals surface area (Å²) >= 11 is 0. The Balaban J connectivity index is 1.08. The lowest BCUT2D eigenvalue weighted by atomic mass is 10.0. The fourth-order valence-electron chi connectivity index (χ4n) is 7.64. The van der Waals surface area contributed by atoms with Crippen molar-refractivity contribution in [1.29, 1.82) is 0 Å². The van der Waals surface area contributed by atoms with Crippen LogP contribution in [0.25, 0.3) is 28.1 Å². The molecule has 0 spiro atoms. The summed E-state index contributed by atoms with van der Waals surface area (Å²) in [5.41, 5.74) is 5.65. The third-order valence-electron chi connectivity index (χ3n) is 10.7. The van der Waals surface area contributed by atoms with Gasteiger partial charge in [-0.15, -0.1) is 0 Å². The fraction of sp³-hybridized carbons (Fsp3) is 0.475. The predicted octanol–water partition coefficient (Wildman–Crippen LogP) is 3.95. The van der Waals surface area contributed by atoms with E-state index >= 15 is 0 Å². The summed E-state index contributed by atoms with van der Waals surface area (Å²) in [5, 5.41) is 23.2. The van der Waals surface area contributed by atoms with Crippen LogP contribution in [0.5, 0.6) is 0 Å². The van der Waals surface area contributed by atoms with E-state index in [1.807, 2.05) is 63.1 Å². The third-order valence-corrected chi connectivity index (χ3v) is 10.7. The van der Waals surface area contributed by atoms with Crippen molar-refractivity contribution < 1.29 is 33.8 Å². The number of ether oxygens (including phenoxy) is 2. The van der Waals surface area contributed by atoms with E-state index in [9.17, 15) is 24.3 Å². The number of benzene rings is 2. The lowest BCUT2D eigenvalue weighted by Crippen LogP contribution is -2.57. The summed E-state index contributed by atoms with van der Waals surface area (Å²) in [5.74, 6) is -0.223. The van der Waals surface area contributed by atoms with Crippen molar-refractivity contribution in [3.05, 3.63) is 72.3 Å². The van der Waals surface area contributed by atoms with Gasteiger partial charge in [-0.05, 0) is 53.4 Å². The van der Waals surface area contributed by atoms with Gasteiger partial charge in [-0.1, -0.05) is 76.2 Å². The average molecular weight is 757 g/mol. The molecule has 4 amide bonds. The molecule has 0 bridgehead atoms. The summed E-state index contributed by atoms with van der Waals surface area (Å²) in [6.07, 6.45) is 3.48. The molecule has 0 saturated carbocycles. The number of hydrogen-bond donors (Lipinski definition) is 6. The Morgan fingerprint density at radius 3 is 1.89 bits per heavy atom. The second kappa shape index (κ2) is 16.8. The highest BCUT2D eigenvalue weighted by molar-refractivity contribution is 5.87. The van der Waals surface area contributed by atoms with Crippen LogP contribution in [0.1, 0.15) is 64.4 Å². The number of aromatic nitrogens is 2. The SMILES string of the molecule is COC(=O)N[C@H](C(=O)N1CC[C@H](O)[C@H]1c1ncc(-c2ccc(-c3ccc(C4=CNC([C@@H]5CCCN5C(=O)[C@@H](NC(=O)OC)C(C)C)N4)cc3)cc2)[nH]1)C(C)C. The lowest BCUT2D eigenvalue weighted by Gasteiger charge is -2.34. The maximum absolute atomic E-state index is 13.6. The van der Waals surface area contributed by atoms with E-state index in [1.54, 1.807) is 11.1 Å². The number of alkyl carbamates (subject to hydrolysis) is 2. The van der Waals surface area contributed by atoms with Crippen molar-refractivity contribution in [2.24, 2.45) is 11.8 Å². The van der Waals surface area contributed by atoms with Crippen LogP contribution in [0.4, 0.5) is 9.59 Å². The van der Waals surface area contributed by atoms with Gasteiger partial charge in [0.1, 0.15) is 30.1 Å². The van der Waals surface area contributed by atoms with E-state index in [1.165, 1.54) is 14.2 Å².